The minimum absolute atomic E-state index is 0.0406. The zero-order valence-corrected chi connectivity index (χ0v) is 20.7. The number of carbonyl (C=O) groups excluding carboxylic acids is 4. The number of rotatable bonds is 8. The Hall–Kier alpha value is -2.98. The molecule has 0 aromatic heterocycles. The van der Waals surface area contributed by atoms with Gasteiger partial charge in [-0.05, 0) is 50.5 Å². The van der Waals surface area contributed by atoms with Crippen molar-refractivity contribution >= 4 is 24.6 Å². The van der Waals surface area contributed by atoms with Crippen LogP contribution in [0, 0.1) is 5.92 Å². The molecule has 35 heavy (non-hydrogen) atoms. The Labute approximate surface area is 207 Å². The maximum absolute atomic E-state index is 13.4. The van der Waals surface area contributed by atoms with Crippen molar-refractivity contribution < 1.29 is 29.1 Å². The van der Waals surface area contributed by atoms with Crippen LogP contribution in [0.1, 0.15) is 51.0 Å². The van der Waals surface area contributed by atoms with Gasteiger partial charge in [-0.1, -0.05) is 30.3 Å². The first kappa shape index (κ1) is 28.3. The van der Waals surface area contributed by atoms with E-state index in [1.165, 1.54) is 11.8 Å². The molecule has 0 spiro atoms. The van der Waals surface area contributed by atoms with Crippen LogP contribution >= 0.6 is 0 Å². The second-order valence-corrected chi connectivity index (χ2v) is 8.88. The quantitative estimate of drug-likeness (QED) is 0.326. The van der Waals surface area contributed by atoms with E-state index in [2.05, 4.69) is 5.32 Å². The minimum Gasteiger partial charge on any atom is -0.355 e. The van der Waals surface area contributed by atoms with Gasteiger partial charge in [0.05, 0.1) is 5.92 Å². The van der Waals surface area contributed by atoms with Gasteiger partial charge in [-0.15, -0.1) is 0 Å². The number of ether oxygens (including phenoxy) is 1. The van der Waals surface area contributed by atoms with E-state index < -0.39 is 24.2 Å². The molecule has 10 heteroatoms. The van der Waals surface area contributed by atoms with Gasteiger partial charge in [-0.2, -0.15) is 5.06 Å². The molecule has 2 rings (SSSR count). The fourth-order valence-electron chi connectivity index (χ4n) is 4.24. The van der Waals surface area contributed by atoms with E-state index in [-0.39, 0.29) is 18.9 Å². The third kappa shape index (κ3) is 9.29. The first-order chi connectivity index (χ1) is 16.9. The third-order valence-electron chi connectivity index (χ3n) is 6.30. The monoisotopic (exact) mass is 490 g/mol. The highest BCUT2D eigenvalue weighted by atomic mass is 16.6. The lowest BCUT2D eigenvalue weighted by Gasteiger charge is -2.33. The number of carbonyl (C=O) groups is 4. The van der Waals surface area contributed by atoms with Crippen LogP contribution in [0.2, 0.25) is 0 Å². The van der Waals surface area contributed by atoms with Crippen LogP contribution in [0.15, 0.2) is 30.3 Å². The molecule has 1 aromatic rings. The van der Waals surface area contributed by atoms with Crippen LogP contribution < -0.4 is 5.32 Å². The number of benzene rings is 1. The van der Waals surface area contributed by atoms with E-state index in [1.807, 2.05) is 30.3 Å². The SMILES string of the molecule is CC(=O)N1CCCCO[C@H](N(O)C=O)[C@@H](CCCc2ccccc2)C(=O)N[C@@H](N(C)C=O)CCC1. The summed E-state index contributed by atoms with van der Waals surface area (Å²) in [5, 5.41) is 13.6. The number of nitrogens with zero attached hydrogens (tertiary/aromatic N) is 3. The summed E-state index contributed by atoms with van der Waals surface area (Å²) in [4.78, 5) is 51.4. The normalized spacial score (nSPS) is 22.4. The molecule has 1 aliphatic heterocycles. The standard InChI is InChI=1S/C25H38N4O6/c1-20(32)28-15-6-7-17-35-25(29(34)19-31)22(13-8-12-21-10-4-3-5-11-21)24(33)26-23(14-9-16-28)27(2)18-30/h3-5,10-11,18-19,22-23,25,34H,6-9,12-17H2,1-2H3,(H,26,33)/t22-,23-,25-/m0/s1. The van der Waals surface area contributed by atoms with Crippen LogP contribution in [0.25, 0.3) is 0 Å². The highest BCUT2D eigenvalue weighted by Crippen LogP contribution is 2.21. The Morgan fingerprint density at radius 3 is 2.54 bits per heavy atom. The molecule has 0 saturated carbocycles. The summed E-state index contributed by atoms with van der Waals surface area (Å²) >= 11 is 0. The predicted molar refractivity (Wildman–Crippen MR) is 129 cm³/mol. The molecule has 2 N–H and O–H groups in total. The lowest BCUT2D eigenvalue weighted by Crippen LogP contribution is -2.53. The number of hydrogen-bond donors (Lipinski definition) is 2. The van der Waals surface area contributed by atoms with Gasteiger partial charge in [0.15, 0.2) is 6.23 Å². The fourth-order valence-corrected chi connectivity index (χ4v) is 4.24. The molecule has 3 atom stereocenters. The van der Waals surface area contributed by atoms with E-state index in [9.17, 15) is 24.4 Å². The maximum Gasteiger partial charge on any atom is 0.235 e. The average Bonchev–Trinajstić information content (AvgIpc) is 2.86. The Morgan fingerprint density at radius 2 is 1.89 bits per heavy atom. The van der Waals surface area contributed by atoms with Crippen LogP contribution in [0.4, 0.5) is 0 Å². The molecular weight excluding hydrogens is 452 g/mol. The molecule has 1 heterocycles. The van der Waals surface area contributed by atoms with Gasteiger partial charge in [0.2, 0.25) is 24.6 Å². The molecule has 0 aliphatic carbocycles. The summed E-state index contributed by atoms with van der Waals surface area (Å²) in [6, 6.07) is 9.84. The first-order valence-corrected chi connectivity index (χ1v) is 12.2. The Balaban J connectivity index is 2.23. The molecule has 1 aromatic carbocycles. The molecule has 4 amide bonds. The van der Waals surface area contributed by atoms with Crippen molar-refractivity contribution in [1.29, 1.82) is 0 Å². The van der Waals surface area contributed by atoms with E-state index in [4.69, 9.17) is 4.74 Å². The Morgan fingerprint density at radius 1 is 1.17 bits per heavy atom. The van der Waals surface area contributed by atoms with Crippen molar-refractivity contribution in [2.45, 2.75) is 64.3 Å². The largest absolute Gasteiger partial charge is 0.355 e. The lowest BCUT2D eigenvalue weighted by molar-refractivity contribution is -0.221. The second-order valence-electron chi connectivity index (χ2n) is 8.88. The second kappa shape index (κ2) is 15.1. The molecule has 0 bridgehead atoms. The van der Waals surface area contributed by atoms with Gasteiger partial charge in [-0.3, -0.25) is 24.4 Å². The van der Waals surface area contributed by atoms with Crippen molar-refractivity contribution in [3.8, 4) is 0 Å². The molecule has 0 radical (unpaired) electrons. The molecule has 0 unspecified atom stereocenters. The van der Waals surface area contributed by atoms with Crippen LogP contribution in [-0.4, -0.2) is 83.8 Å². The number of nitrogens with one attached hydrogen (secondary N) is 1. The summed E-state index contributed by atoms with van der Waals surface area (Å²) in [5.74, 6) is -1.29. The topological polar surface area (TPSA) is 119 Å². The van der Waals surface area contributed by atoms with Crippen LogP contribution in [0.3, 0.4) is 0 Å². The van der Waals surface area contributed by atoms with Crippen molar-refractivity contribution in [2.24, 2.45) is 5.92 Å². The van der Waals surface area contributed by atoms with E-state index in [0.29, 0.717) is 63.1 Å². The van der Waals surface area contributed by atoms with Gasteiger partial charge in [0.25, 0.3) is 0 Å². The highest BCUT2D eigenvalue weighted by Gasteiger charge is 2.34. The van der Waals surface area contributed by atoms with E-state index >= 15 is 0 Å². The summed E-state index contributed by atoms with van der Waals surface area (Å²) < 4.78 is 5.84. The van der Waals surface area contributed by atoms with Crippen molar-refractivity contribution in [1.82, 2.24) is 20.2 Å². The average molecular weight is 491 g/mol. The zero-order chi connectivity index (χ0) is 25.6. The first-order valence-electron chi connectivity index (χ1n) is 12.2. The Bertz CT molecular complexity index is 808. The van der Waals surface area contributed by atoms with Crippen molar-refractivity contribution in [2.75, 3.05) is 26.7 Å². The van der Waals surface area contributed by atoms with Gasteiger partial charge < -0.3 is 19.9 Å². The zero-order valence-electron chi connectivity index (χ0n) is 20.7. The number of aryl methyl sites for hydroxylation is 1. The summed E-state index contributed by atoms with van der Waals surface area (Å²) in [5.41, 5.74) is 1.12. The van der Waals surface area contributed by atoms with Gasteiger partial charge in [0.1, 0.15) is 6.17 Å². The van der Waals surface area contributed by atoms with Gasteiger partial charge in [-0.25, -0.2) is 0 Å². The number of hydroxylamine groups is 2. The molecule has 1 fully saturated rings. The summed E-state index contributed by atoms with van der Waals surface area (Å²) in [6.07, 6.45) is 3.16. The lowest BCUT2D eigenvalue weighted by atomic mass is 9.96. The molecule has 194 valence electrons. The van der Waals surface area contributed by atoms with Crippen LogP contribution in [0.5, 0.6) is 0 Å². The molecule has 10 nitrogen and oxygen atoms in total. The van der Waals surface area contributed by atoms with Crippen LogP contribution in [-0.2, 0) is 30.3 Å². The molecule has 1 aliphatic rings. The summed E-state index contributed by atoms with van der Waals surface area (Å²) in [7, 11) is 1.58. The number of amides is 4. The maximum atomic E-state index is 13.4. The van der Waals surface area contributed by atoms with Crippen molar-refractivity contribution in [3.63, 3.8) is 0 Å². The Kier molecular flexibility index (Phi) is 12.2. The smallest absolute Gasteiger partial charge is 0.235 e. The van der Waals surface area contributed by atoms with E-state index in [0.717, 1.165) is 12.0 Å². The minimum atomic E-state index is -1.17. The number of hydrogen-bond acceptors (Lipinski definition) is 6. The highest BCUT2D eigenvalue weighted by molar-refractivity contribution is 5.80. The molecular formula is C25H38N4O6. The van der Waals surface area contributed by atoms with Crippen molar-refractivity contribution in [3.05, 3.63) is 35.9 Å². The summed E-state index contributed by atoms with van der Waals surface area (Å²) in [6.45, 7) is 2.80. The fraction of sp³-hybridized carbons (Fsp3) is 0.600. The molecule has 1 saturated heterocycles. The van der Waals surface area contributed by atoms with E-state index in [1.54, 1.807) is 11.9 Å². The van der Waals surface area contributed by atoms with Gasteiger partial charge >= 0.3 is 0 Å². The predicted octanol–water partition coefficient (Wildman–Crippen LogP) is 1.77. The van der Waals surface area contributed by atoms with Gasteiger partial charge in [0, 0.05) is 33.7 Å². The third-order valence-corrected chi connectivity index (χ3v) is 6.30.